The van der Waals surface area contributed by atoms with E-state index in [-0.39, 0.29) is 11.8 Å². The molecular weight excluding hydrogens is 426 g/mol. The zero-order valence-electron chi connectivity index (χ0n) is 19.4. The first-order valence-corrected chi connectivity index (χ1v) is 11.8. The summed E-state index contributed by atoms with van der Waals surface area (Å²) in [4.78, 5) is 30.1. The summed E-state index contributed by atoms with van der Waals surface area (Å²) in [6.07, 6.45) is -0.00812. The number of rotatable bonds is 5. The van der Waals surface area contributed by atoms with Gasteiger partial charge in [0.1, 0.15) is 5.75 Å². The van der Waals surface area contributed by atoms with Gasteiger partial charge in [0.15, 0.2) is 6.10 Å². The first kappa shape index (κ1) is 22.2. The van der Waals surface area contributed by atoms with Gasteiger partial charge in [-0.15, -0.1) is 0 Å². The molecule has 3 aromatic rings. The smallest absolute Gasteiger partial charge is 0.265 e. The van der Waals surface area contributed by atoms with E-state index in [9.17, 15) is 9.59 Å². The topological polar surface area (TPSA) is 61.9 Å². The van der Waals surface area contributed by atoms with Crippen LogP contribution in [0, 0.1) is 6.92 Å². The maximum absolute atomic E-state index is 13.1. The molecule has 2 heterocycles. The van der Waals surface area contributed by atoms with Gasteiger partial charge in [0.05, 0.1) is 0 Å². The standard InChI is InChI=1S/C28H29N3O3/c1-20-6-4-7-21(16-20)19-30-12-14-31(15-13-30)28(33)23-9-5-10-24(17-23)29-27(32)26-18-22-8-2-3-11-25(22)34-26/h2-11,16-17,26H,12-15,18-19H2,1H3,(H,29,32). The van der Waals surface area contributed by atoms with E-state index in [0.29, 0.717) is 30.8 Å². The van der Waals surface area contributed by atoms with Crippen molar-refractivity contribution in [2.45, 2.75) is 26.0 Å². The predicted octanol–water partition coefficient (Wildman–Crippen LogP) is 3.90. The molecule has 0 spiro atoms. The Kier molecular flexibility index (Phi) is 6.32. The van der Waals surface area contributed by atoms with Crippen LogP contribution >= 0.6 is 0 Å². The Hall–Kier alpha value is -3.64. The van der Waals surface area contributed by atoms with Gasteiger partial charge in [0.25, 0.3) is 11.8 Å². The number of carbonyl (C=O) groups excluding carboxylic acids is 2. The Morgan fingerprint density at radius 3 is 2.53 bits per heavy atom. The predicted molar refractivity (Wildman–Crippen MR) is 132 cm³/mol. The van der Waals surface area contributed by atoms with Crippen LogP contribution in [0.25, 0.3) is 0 Å². The van der Waals surface area contributed by atoms with E-state index in [2.05, 4.69) is 41.4 Å². The van der Waals surface area contributed by atoms with Crippen molar-refractivity contribution in [3.63, 3.8) is 0 Å². The molecule has 1 N–H and O–H groups in total. The van der Waals surface area contributed by atoms with Gasteiger partial charge in [-0.05, 0) is 42.3 Å². The third kappa shape index (κ3) is 4.97. The molecule has 0 bridgehead atoms. The molecule has 0 aliphatic carbocycles. The van der Waals surface area contributed by atoms with Crippen molar-refractivity contribution in [2.75, 3.05) is 31.5 Å². The lowest BCUT2D eigenvalue weighted by Crippen LogP contribution is -2.48. The number of anilines is 1. The highest BCUT2D eigenvalue weighted by molar-refractivity contribution is 5.98. The maximum Gasteiger partial charge on any atom is 0.265 e. The highest BCUT2D eigenvalue weighted by atomic mass is 16.5. The van der Waals surface area contributed by atoms with Crippen molar-refractivity contribution < 1.29 is 14.3 Å². The number of aryl methyl sites for hydroxylation is 1. The van der Waals surface area contributed by atoms with E-state index in [4.69, 9.17) is 4.74 Å². The molecule has 3 aromatic carbocycles. The summed E-state index contributed by atoms with van der Waals surface area (Å²) in [6.45, 7) is 6.07. The zero-order valence-corrected chi connectivity index (χ0v) is 19.4. The fourth-order valence-electron chi connectivity index (χ4n) is 4.64. The van der Waals surface area contributed by atoms with E-state index in [0.717, 1.165) is 30.9 Å². The van der Waals surface area contributed by atoms with E-state index >= 15 is 0 Å². The summed E-state index contributed by atoms with van der Waals surface area (Å²) in [5.74, 6) is 0.550. The third-order valence-electron chi connectivity index (χ3n) is 6.46. The second kappa shape index (κ2) is 9.69. The Morgan fingerprint density at radius 2 is 1.74 bits per heavy atom. The molecule has 1 saturated heterocycles. The SMILES string of the molecule is Cc1cccc(CN2CCN(C(=O)c3cccc(NC(=O)C4Cc5ccccc5O4)c3)CC2)c1. The number of piperazine rings is 1. The summed E-state index contributed by atoms with van der Waals surface area (Å²) >= 11 is 0. The van der Waals surface area contributed by atoms with Crippen LogP contribution in [0.2, 0.25) is 0 Å². The minimum Gasteiger partial charge on any atom is -0.480 e. The molecule has 1 fully saturated rings. The van der Waals surface area contributed by atoms with Gasteiger partial charge in [-0.1, -0.05) is 54.1 Å². The van der Waals surface area contributed by atoms with Crippen LogP contribution in [-0.4, -0.2) is 53.9 Å². The second-order valence-electron chi connectivity index (χ2n) is 9.05. The number of hydrogen-bond donors (Lipinski definition) is 1. The van der Waals surface area contributed by atoms with Gasteiger partial charge >= 0.3 is 0 Å². The first-order chi connectivity index (χ1) is 16.5. The lowest BCUT2D eigenvalue weighted by atomic mass is 10.1. The number of para-hydroxylation sites is 1. The van der Waals surface area contributed by atoms with Gasteiger partial charge in [-0.3, -0.25) is 14.5 Å². The molecular formula is C28H29N3O3. The minimum atomic E-state index is -0.557. The van der Waals surface area contributed by atoms with Gasteiger partial charge in [-0.2, -0.15) is 0 Å². The van der Waals surface area contributed by atoms with E-state index in [1.165, 1.54) is 11.1 Å². The van der Waals surface area contributed by atoms with Crippen LogP contribution in [-0.2, 0) is 17.8 Å². The number of hydrogen-bond acceptors (Lipinski definition) is 4. The minimum absolute atomic E-state index is 0.00386. The fraction of sp³-hybridized carbons (Fsp3) is 0.286. The van der Waals surface area contributed by atoms with Crippen LogP contribution in [0.4, 0.5) is 5.69 Å². The molecule has 0 saturated carbocycles. The molecule has 1 atom stereocenters. The number of nitrogens with zero attached hydrogens (tertiary/aromatic N) is 2. The maximum atomic E-state index is 13.1. The summed E-state index contributed by atoms with van der Waals surface area (Å²) in [5, 5.41) is 2.91. The van der Waals surface area contributed by atoms with Crippen molar-refractivity contribution in [1.82, 2.24) is 9.80 Å². The largest absolute Gasteiger partial charge is 0.480 e. The normalized spacial score (nSPS) is 17.7. The Labute approximate surface area is 200 Å². The van der Waals surface area contributed by atoms with Crippen LogP contribution in [0.5, 0.6) is 5.75 Å². The van der Waals surface area contributed by atoms with E-state index in [1.807, 2.05) is 29.2 Å². The van der Waals surface area contributed by atoms with Crippen molar-refractivity contribution in [3.05, 3.63) is 95.1 Å². The highest BCUT2D eigenvalue weighted by Crippen LogP contribution is 2.28. The molecule has 0 radical (unpaired) electrons. The summed E-state index contributed by atoms with van der Waals surface area (Å²) in [5.41, 5.74) is 4.79. The zero-order chi connectivity index (χ0) is 23.5. The number of nitrogens with one attached hydrogen (secondary N) is 1. The Morgan fingerprint density at radius 1 is 0.941 bits per heavy atom. The van der Waals surface area contributed by atoms with Gasteiger partial charge in [0.2, 0.25) is 0 Å². The Balaban J connectivity index is 1.16. The summed E-state index contributed by atoms with van der Waals surface area (Å²) < 4.78 is 5.78. The van der Waals surface area contributed by atoms with Gasteiger partial charge in [0, 0.05) is 50.4 Å². The van der Waals surface area contributed by atoms with Crippen LogP contribution < -0.4 is 10.1 Å². The first-order valence-electron chi connectivity index (χ1n) is 11.8. The molecule has 174 valence electrons. The second-order valence-corrected chi connectivity index (χ2v) is 9.05. The molecule has 2 aliphatic heterocycles. The number of amides is 2. The molecule has 5 rings (SSSR count). The number of benzene rings is 3. The molecule has 2 aliphatic rings. The van der Waals surface area contributed by atoms with Crippen molar-refractivity contribution in [3.8, 4) is 5.75 Å². The van der Waals surface area contributed by atoms with Crippen molar-refractivity contribution in [2.24, 2.45) is 0 Å². The van der Waals surface area contributed by atoms with Crippen LogP contribution in [0.3, 0.4) is 0 Å². The number of ether oxygens (including phenoxy) is 1. The number of carbonyl (C=O) groups is 2. The number of fused-ring (bicyclic) bond motifs is 1. The van der Waals surface area contributed by atoms with Crippen LogP contribution in [0.15, 0.2) is 72.8 Å². The molecule has 6 heteroatoms. The monoisotopic (exact) mass is 455 g/mol. The average molecular weight is 456 g/mol. The molecule has 2 amide bonds. The highest BCUT2D eigenvalue weighted by Gasteiger charge is 2.29. The third-order valence-corrected chi connectivity index (χ3v) is 6.46. The lowest BCUT2D eigenvalue weighted by Gasteiger charge is -2.35. The fourth-order valence-corrected chi connectivity index (χ4v) is 4.64. The summed E-state index contributed by atoms with van der Waals surface area (Å²) in [6, 6.07) is 23.4. The average Bonchev–Trinajstić information content (AvgIpc) is 3.29. The lowest BCUT2D eigenvalue weighted by molar-refractivity contribution is -0.122. The van der Waals surface area contributed by atoms with Gasteiger partial charge < -0.3 is 15.0 Å². The Bertz CT molecular complexity index is 1180. The molecule has 1 unspecified atom stereocenters. The molecule has 34 heavy (non-hydrogen) atoms. The van der Waals surface area contributed by atoms with Crippen LogP contribution in [0.1, 0.15) is 27.0 Å². The molecule has 6 nitrogen and oxygen atoms in total. The van der Waals surface area contributed by atoms with Crippen molar-refractivity contribution >= 4 is 17.5 Å². The quantitative estimate of drug-likeness (QED) is 0.634. The van der Waals surface area contributed by atoms with E-state index < -0.39 is 6.10 Å². The molecule has 0 aromatic heterocycles. The van der Waals surface area contributed by atoms with Gasteiger partial charge in [-0.25, -0.2) is 0 Å². The summed E-state index contributed by atoms with van der Waals surface area (Å²) in [7, 11) is 0. The van der Waals surface area contributed by atoms with E-state index in [1.54, 1.807) is 24.3 Å². The van der Waals surface area contributed by atoms with Crippen molar-refractivity contribution in [1.29, 1.82) is 0 Å².